The van der Waals surface area contributed by atoms with Crippen LogP contribution in [0.5, 0.6) is 0 Å². The zero-order valence-corrected chi connectivity index (χ0v) is 13.6. The number of carboxylic acid groups (broad SMARTS) is 1. The summed E-state index contributed by atoms with van der Waals surface area (Å²) in [6, 6.07) is 3.79. The summed E-state index contributed by atoms with van der Waals surface area (Å²) < 4.78 is 30.5. The molecule has 10 heteroatoms. The van der Waals surface area contributed by atoms with Crippen molar-refractivity contribution >= 4 is 55.7 Å². The lowest BCUT2D eigenvalue weighted by Gasteiger charge is -2.07. The fourth-order valence-corrected chi connectivity index (χ4v) is 3.99. The van der Waals surface area contributed by atoms with Crippen LogP contribution >= 0.6 is 34.7 Å². The molecular formula is C11H8Cl2N2O4S2. The number of rotatable bonds is 4. The topological polar surface area (TPSA) is 96.4 Å². The van der Waals surface area contributed by atoms with Crippen LogP contribution in [0.25, 0.3) is 0 Å². The number of hydrogen-bond acceptors (Lipinski definition) is 5. The fourth-order valence-electron chi connectivity index (χ4n) is 1.52. The molecule has 0 saturated heterocycles. The van der Waals surface area contributed by atoms with Gasteiger partial charge in [0.1, 0.15) is 10.6 Å². The van der Waals surface area contributed by atoms with E-state index < -0.39 is 16.0 Å². The van der Waals surface area contributed by atoms with Crippen LogP contribution in [0.15, 0.2) is 23.1 Å². The second kappa shape index (κ2) is 5.80. The predicted octanol–water partition coefficient (Wildman–Crippen LogP) is 3.26. The number of aryl methyl sites for hydroxylation is 1. The number of aromatic carboxylic acids is 1. The number of nitrogens with one attached hydrogen (secondary N) is 1. The predicted molar refractivity (Wildman–Crippen MR) is 81.1 cm³/mol. The summed E-state index contributed by atoms with van der Waals surface area (Å²) in [7, 11) is -3.98. The van der Waals surface area contributed by atoms with Gasteiger partial charge in [-0.25, -0.2) is 13.2 Å². The number of aromatic nitrogens is 1. The van der Waals surface area contributed by atoms with Crippen LogP contribution in [0.3, 0.4) is 0 Å². The summed E-state index contributed by atoms with van der Waals surface area (Å²) in [6.45, 7) is 1.48. The molecule has 0 fully saturated rings. The molecule has 1 aromatic carbocycles. The van der Waals surface area contributed by atoms with Crippen molar-refractivity contribution in [2.24, 2.45) is 0 Å². The first kappa shape index (κ1) is 16.0. The van der Waals surface area contributed by atoms with Gasteiger partial charge in [0, 0.05) is 0 Å². The third-order valence-corrected chi connectivity index (χ3v) is 5.57. The molecule has 6 nitrogen and oxygen atoms in total. The smallest absolute Gasteiger partial charge is 0.340 e. The van der Waals surface area contributed by atoms with Crippen molar-refractivity contribution in [3.8, 4) is 0 Å². The van der Waals surface area contributed by atoms with Crippen molar-refractivity contribution in [2.45, 2.75) is 11.8 Å². The van der Waals surface area contributed by atoms with E-state index in [2.05, 4.69) is 9.10 Å². The lowest BCUT2D eigenvalue weighted by molar-refractivity contribution is 0.0697. The largest absolute Gasteiger partial charge is 0.478 e. The van der Waals surface area contributed by atoms with E-state index >= 15 is 0 Å². The minimum atomic E-state index is -3.98. The number of halogens is 2. The zero-order valence-electron chi connectivity index (χ0n) is 10.4. The molecule has 2 N–H and O–H groups in total. The summed E-state index contributed by atoms with van der Waals surface area (Å²) in [6.07, 6.45) is 0. The van der Waals surface area contributed by atoms with Crippen LogP contribution in [0.1, 0.15) is 16.1 Å². The maximum absolute atomic E-state index is 12.2. The number of carboxylic acids is 1. The van der Waals surface area contributed by atoms with Gasteiger partial charge in [0.2, 0.25) is 0 Å². The van der Waals surface area contributed by atoms with Crippen molar-refractivity contribution in [3.05, 3.63) is 39.5 Å². The summed E-state index contributed by atoms with van der Waals surface area (Å²) >= 11 is 12.3. The molecule has 0 unspecified atom stereocenters. The lowest BCUT2D eigenvalue weighted by Crippen LogP contribution is -2.14. The first-order valence-electron chi connectivity index (χ1n) is 5.40. The molecule has 0 radical (unpaired) electrons. The quantitative estimate of drug-likeness (QED) is 0.865. The highest BCUT2D eigenvalue weighted by Crippen LogP contribution is 2.29. The Balaban J connectivity index is 2.42. The fraction of sp³-hybridized carbons (Fsp3) is 0.0909. The monoisotopic (exact) mass is 366 g/mol. The van der Waals surface area contributed by atoms with Gasteiger partial charge in [-0.1, -0.05) is 23.2 Å². The van der Waals surface area contributed by atoms with E-state index in [1.54, 1.807) is 0 Å². The molecule has 0 aliphatic carbocycles. The van der Waals surface area contributed by atoms with E-state index in [1.807, 2.05) is 0 Å². The minimum absolute atomic E-state index is 0.0638. The van der Waals surface area contributed by atoms with Gasteiger partial charge < -0.3 is 5.11 Å². The Hall–Kier alpha value is -1.35. The highest BCUT2D eigenvalue weighted by atomic mass is 35.5. The molecular weight excluding hydrogens is 359 g/mol. The van der Waals surface area contributed by atoms with E-state index in [4.69, 9.17) is 28.3 Å². The summed E-state index contributed by atoms with van der Waals surface area (Å²) in [5.41, 5.74) is 0.0583. The van der Waals surface area contributed by atoms with Gasteiger partial charge in [-0.2, -0.15) is 4.37 Å². The molecule has 0 atom stereocenters. The van der Waals surface area contributed by atoms with Crippen molar-refractivity contribution in [1.29, 1.82) is 0 Å². The highest BCUT2D eigenvalue weighted by molar-refractivity contribution is 7.93. The standard InChI is InChI=1S/C11H8Cl2N2O4S2/c1-5-9(11(16)17)10(20-14-5)15-21(18,19)6-2-3-7(12)8(13)4-6/h2-4,15H,1H3,(H,16,17). The van der Waals surface area contributed by atoms with Crippen LogP contribution < -0.4 is 4.72 Å². The van der Waals surface area contributed by atoms with E-state index in [1.165, 1.54) is 25.1 Å². The van der Waals surface area contributed by atoms with Crippen LogP contribution in [0.2, 0.25) is 10.0 Å². The molecule has 0 bridgehead atoms. The van der Waals surface area contributed by atoms with Gasteiger partial charge in [-0.05, 0) is 36.7 Å². The molecule has 0 aliphatic heterocycles. The average molecular weight is 367 g/mol. The number of nitrogens with zero attached hydrogens (tertiary/aromatic N) is 1. The molecule has 1 heterocycles. The number of hydrogen-bond donors (Lipinski definition) is 2. The van der Waals surface area contributed by atoms with Gasteiger partial charge in [-0.3, -0.25) is 4.72 Å². The van der Waals surface area contributed by atoms with Gasteiger partial charge >= 0.3 is 5.97 Å². The molecule has 2 rings (SSSR count). The van der Waals surface area contributed by atoms with Crippen molar-refractivity contribution < 1.29 is 18.3 Å². The summed E-state index contributed by atoms with van der Waals surface area (Å²) in [5, 5.41) is 9.31. The Morgan fingerprint density at radius 1 is 1.33 bits per heavy atom. The second-order valence-electron chi connectivity index (χ2n) is 3.96. The van der Waals surface area contributed by atoms with Crippen LogP contribution in [0.4, 0.5) is 5.00 Å². The van der Waals surface area contributed by atoms with E-state index in [0.29, 0.717) is 0 Å². The lowest BCUT2D eigenvalue weighted by atomic mass is 10.2. The SMILES string of the molecule is Cc1nsc(NS(=O)(=O)c2ccc(Cl)c(Cl)c2)c1C(=O)O. The molecule has 0 aliphatic rings. The maximum Gasteiger partial charge on any atom is 0.340 e. The zero-order chi connectivity index (χ0) is 15.8. The van der Waals surface area contributed by atoms with E-state index in [9.17, 15) is 13.2 Å². The van der Waals surface area contributed by atoms with Crippen LogP contribution in [0, 0.1) is 6.92 Å². The summed E-state index contributed by atoms with van der Waals surface area (Å²) in [5.74, 6) is -1.26. The summed E-state index contributed by atoms with van der Waals surface area (Å²) in [4.78, 5) is 11.0. The van der Waals surface area contributed by atoms with Crippen molar-refractivity contribution in [1.82, 2.24) is 4.37 Å². The first-order chi connectivity index (χ1) is 9.72. The number of anilines is 1. The molecule has 0 spiro atoms. The number of sulfonamides is 1. The second-order valence-corrected chi connectivity index (χ2v) is 7.23. The van der Waals surface area contributed by atoms with Gasteiger partial charge in [0.25, 0.3) is 10.0 Å². The average Bonchev–Trinajstić information content (AvgIpc) is 2.73. The van der Waals surface area contributed by atoms with Crippen molar-refractivity contribution in [3.63, 3.8) is 0 Å². The third kappa shape index (κ3) is 3.29. The molecule has 112 valence electrons. The highest BCUT2D eigenvalue weighted by Gasteiger charge is 2.23. The Morgan fingerprint density at radius 3 is 2.57 bits per heavy atom. The number of carbonyl (C=O) groups is 1. The first-order valence-corrected chi connectivity index (χ1v) is 8.41. The molecule has 0 amide bonds. The Kier molecular flexibility index (Phi) is 4.43. The minimum Gasteiger partial charge on any atom is -0.478 e. The van der Waals surface area contributed by atoms with Crippen molar-refractivity contribution in [2.75, 3.05) is 4.72 Å². The molecule has 2 aromatic rings. The Labute approximate surface area is 134 Å². The van der Waals surface area contributed by atoms with Gasteiger partial charge in [-0.15, -0.1) is 0 Å². The Morgan fingerprint density at radius 2 is 2.00 bits per heavy atom. The van der Waals surface area contributed by atoms with E-state index in [0.717, 1.165) is 11.5 Å². The van der Waals surface area contributed by atoms with Gasteiger partial charge in [0.05, 0.1) is 20.6 Å². The maximum atomic E-state index is 12.2. The van der Waals surface area contributed by atoms with Gasteiger partial charge in [0.15, 0.2) is 0 Å². The Bertz CT molecular complexity index is 818. The molecule has 21 heavy (non-hydrogen) atoms. The normalized spacial score (nSPS) is 11.4. The molecule has 0 saturated carbocycles. The molecule has 1 aromatic heterocycles. The van der Waals surface area contributed by atoms with Crippen LogP contribution in [-0.4, -0.2) is 23.9 Å². The van der Waals surface area contributed by atoms with E-state index in [-0.39, 0.29) is 31.2 Å². The third-order valence-electron chi connectivity index (χ3n) is 2.51. The van der Waals surface area contributed by atoms with Crippen LogP contribution in [-0.2, 0) is 10.0 Å². The number of benzene rings is 1.